The molecule has 0 saturated carbocycles. The first-order valence-corrected chi connectivity index (χ1v) is 8.81. The molecule has 1 aliphatic rings. The second-order valence-electron chi connectivity index (χ2n) is 5.97. The van der Waals surface area contributed by atoms with Crippen LogP contribution in [0.4, 0.5) is 11.4 Å². The van der Waals surface area contributed by atoms with E-state index < -0.39 is 18.0 Å². The van der Waals surface area contributed by atoms with Crippen LogP contribution in [0, 0.1) is 0 Å². The van der Waals surface area contributed by atoms with Crippen molar-refractivity contribution in [2.24, 2.45) is 0 Å². The summed E-state index contributed by atoms with van der Waals surface area (Å²) >= 11 is 5.96. The van der Waals surface area contributed by atoms with E-state index in [-0.39, 0.29) is 22.0 Å². The summed E-state index contributed by atoms with van der Waals surface area (Å²) in [6.45, 7) is 2.37. The minimum Gasteiger partial charge on any atom is -0.496 e. The number of nitrogen functional groups attached to an aromatic ring is 1. The average Bonchev–Trinajstić information content (AvgIpc) is 2.69. The number of hydrogen-bond acceptors (Lipinski definition) is 7. The number of esters is 1. The van der Waals surface area contributed by atoms with Gasteiger partial charge in [-0.15, -0.1) is 0 Å². The summed E-state index contributed by atoms with van der Waals surface area (Å²) in [6.07, 6.45) is -1.07. The zero-order valence-corrected chi connectivity index (χ0v) is 16.0. The van der Waals surface area contributed by atoms with E-state index in [1.165, 1.54) is 26.2 Å². The number of carbonyl (C=O) groups excluding carboxylic acids is 2. The highest BCUT2D eigenvalue weighted by Gasteiger charge is 2.23. The van der Waals surface area contributed by atoms with Gasteiger partial charge in [0.25, 0.3) is 5.91 Å². The fourth-order valence-electron chi connectivity index (χ4n) is 2.54. The molecule has 1 amide bonds. The SMILES string of the molecule is COc1cc(N)c(Cl)cc1C(=O)O[C@H](C)C(=O)Nc1ccc2c(c1)OCCO2. The number of carbonyl (C=O) groups is 2. The number of rotatable bonds is 5. The zero-order valence-electron chi connectivity index (χ0n) is 15.3. The van der Waals surface area contributed by atoms with Gasteiger partial charge in [-0.3, -0.25) is 4.79 Å². The first-order chi connectivity index (χ1) is 13.4. The van der Waals surface area contributed by atoms with Gasteiger partial charge in [-0.05, 0) is 25.1 Å². The standard InChI is InChI=1S/C19H19ClN2O6/c1-10(28-19(24)12-8-13(20)14(21)9-16(12)25-2)18(23)22-11-3-4-15-17(7-11)27-6-5-26-15/h3-4,7-10H,5-6,21H2,1-2H3,(H,22,23)/t10-/m1/s1. The number of anilines is 2. The Labute approximate surface area is 166 Å². The van der Waals surface area contributed by atoms with E-state index in [2.05, 4.69) is 5.32 Å². The summed E-state index contributed by atoms with van der Waals surface area (Å²) in [6, 6.07) is 7.76. The molecule has 3 rings (SSSR count). The number of ether oxygens (including phenoxy) is 4. The van der Waals surface area contributed by atoms with Crippen molar-refractivity contribution in [3.8, 4) is 17.2 Å². The van der Waals surface area contributed by atoms with E-state index in [1.54, 1.807) is 18.2 Å². The maximum absolute atomic E-state index is 12.4. The summed E-state index contributed by atoms with van der Waals surface area (Å²) in [5.74, 6) is 0.0754. The minimum absolute atomic E-state index is 0.0701. The Morgan fingerprint density at radius 1 is 1.18 bits per heavy atom. The Balaban J connectivity index is 1.67. The fraction of sp³-hybridized carbons (Fsp3) is 0.263. The van der Waals surface area contributed by atoms with Crippen LogP contribution < -0.4 is 25.3 Å². The molecule has 148 valence electrons. The van der Waals surface area contributed by atoms with Crippen LogP contribution in [0.15, 0.2) is 30.3 Å². The number of methoxy groups -OCH3 is 1. The normalized spacial score (nSPS) is 13.4. The molecule has 0 bridgehead atoms. The Bertz CT molecular complexity index is 918. The van der Waals surface area contributed by atoms with Gasteiger partial charge in [-0.25, -0.2) is 4.79 Å². The van der Waals surface area contributed by atoms with E-state index >= 15 is 0 Å². The number of nitrogens with two attached hydrogens (primary N) is 1. The van der Waals surface area contributed by atoms with E-state index in [0.717, 1.165) is 0 Å². The van der Waals surface area contributed by atoms with Crippen molar-refractivity contribution in [1.29, 1.82) is 0 Å². The maximum Gasteiger partial charge on any atom is 0.342 e. The first-order valence-electron chi connectivity index (χ1n) is 8.43. The van der Waals surface area contributed by atoms with Crippen LogP contribution in [0.25, 0.3) is 0 Å². The van der Waals surface area contributed by atoms with Crippen LogP contribution in [-0.4, -0.2) is 38.3 Å². The Morgan fingerprint density at radius 2 is 1.89 bits per heavy atom. The molecule has 28 heavy (non-hydrogen) atoms. The largest absolute Gasteiger partial charge is 0.496 e. The van der Waals surface area contributed by atoms with Crippen molar-refractivity contribution in [1.82, 2.24) is 0 Å². The molecular formula is C19H19ClN2O6. The highest BCUT2D eigenvalue weighted by Crippen LogP contribution is 2.33. The molecule has 0 unspecified atom stereocenters. The summed E-state index contributed by atoms with van der Waals surface area (Å²) in [7, 11) is 1.39. The highest BCUT2D eigenvalue weighted by atomic mass is 35.5. The molecule has 0 spiro atoms. The molecular weight excluding hydrogens is 388 g/mol. The van der Waals surface area contributed by atoms with Crippen molar-refractivity contribution < 1.29 is 28.5 Å². The van der Waals surface area contributed by atoms with Crippen LogP contribution in [0.3, 0.4) is 0 Å². The van der Waals surface area contributed by atoms with Crippen molar-refractivity contribution in [3.63, 3.8) is 0 Å². The lowest BCUT2D eigenvalue weighted by molar-refractivity contribution is -0.123. The molecule has 2 aromatic rings. The summed E-state index contributed by atoms with van der Waals surface area (Å²) in [5.41, 5.74) is 6.53. The quantitative estimate of drug-likeness (QED) is 0.580. The summed E-state index contributed by atoms with van der Waals surface area (Å²) in [5, 5.41) is 2.85. The third-order valence-corrected chi connectivity index (χ3v) is 4.33. The van der Waals surface area contributed by atoms with Gasteiger partial charge in [-0.2, -0.15) is 0 Å². The molecule has 8 nitrogen and oxygen atoms in total. The molecule has 2 aromatic carbocycles. The fourth-order valence-corrected chi connectivity index (χ4v) is 2.70. The average molecular weight is 407 g/mol. The van der Waals surface area contributed by atoms with Crippen molar-refractivity contribution in [2.45, 2.75) is 13.0 Å². The van der Waals surface area contributed by atoms with Crippen molar-refractivity contribution >= 4 is 34.9 Å². The van der Waals surface area contributed by atoms with Gasteiger partial charge in [0, 0.05) is 17.8 Å². The summed E-state index contributed by atoms with van der Waals surface area (Å²) < 4.78 is 21.3. The number of halogens is 1. The van der Waals surface area contributed by atoms with E-state index in [4.69, 9.17) is 36.3 Å². The molecule has 1 heterocycles. The molecule has 0 aliphatic carbocycles. The lowest BCUT2D eigenvalue weighted by Gasteiger charge is -2.19. The van der Waals surface area contributed by atoms with Gasteiger partial charge >= 0.3 is 5.97 Å². The van der Waals surface area contributed by atoms with Crippen molar-refractivity contribution in [2.75, 3.05) is 31.4 Å². The lowest BCUT2D eigenvalue weighted by atomic mass is 10.2. The zero-order chi connectivity index (χ0) is 20.3. The van der Waals surface area contributed by atoms with E-state index in [0.29, 0.717) is 30.4 Å². The monoisotopic (exact) mass is 406 g/mol. The topological polar surface area (TPSA) is 109 Å². The van der Waals surface area contributed by atoms with Gasteiger partial charge in [-0.1, -0.05) is 11.6 Å². The molecule has 3 N–H and O–H groups in total. The summed E-state index contributed by atoms with van der Waals surface area (Å²) in [4.78, 5) is 24.8. The maximum atomic E-state index is 12.4. The van der Waals surface area contributed by atoms with Crippen LogP contribution in [0.2, 0.25) is 5.02 Å². The number of hydrogen-bond donors (Lipinski definition) is 2. The smallest absolute Gasteiger partial charge is 0.342 e. The minimum atomic E-state index is -1.07. The predicted molar refractivity (Wildman–Crippen MR) is 103 cm³/mol. The number of fused-ring (bicyclic) bond motifs is 1. The van der Waals surface area contributed by atoms with Gasteiger partial charge in [0.15, 0.2) is 17.6 Å². The molecule has 9 heteroatoms. The van der Waals surface area contributed by atoms with Crippen LogP contribution >= 0.6 is 11.6 Å². The van der Waals surface area contributed by atoms with Crippen molar-refractivity contribution in [3.05, 3.63) is 40.9 Å². The second-order valence-corrected chi connectivity index (χ2v) is 6.38. The third-order valence-electron chi connectivity index (χ3n) is 4.00. The Kier molecular flexibility index (Phi) is 5.79. The number of amides is 1. The molecule has 0 radical (unpaired) electrons. The van der Waals surface area contributed by atoms with Crippen LogP contribution in [-0.2, 0) is 9.53 Å². The number of nitrogens with one attached hydrogen (secondary N) is 1. The Morgan fingerprint density at radius 3 is 2.61 bits per heavy atom. The molecule has 1 aliphatic heterocycles. The van der Waals surface area contributed by atoms with E-state index in [1.807, 2.05) is 0 Å². The molecule has 1 atom stereocenters. The molecule has 0 fully saturated rings. The molecule has 0 saturated heterocycles. The third kappa shape index (κ3) is 4.23. The highest BCUT2D eigenvalue weighted by molar-refractivity contribution is 6.33. The second kappa shape index (κ2) is 8.26. The number of benzene rings is 2. The lowest BCUT2D eigenvalue weighted by Crippen LogP contribution is -2.30. The first kappa shape index (κ1) is 19.6. The van der Waals surface area contributed by atoms with E-state index in [9.17, 15) is 9.59 Å². The van der Waals surface area contributed by atoms with Crippen LogP contribution in [0.5, 0.6) is 17.2 Å². The van der Waals surface area contributed by atoms with Gasteiger partial charge < -0.3 is 30.0 Å². The predicted octanol–water partition coefficient (Wildman–Crippen LogP) is 2.89. The Hall–Kier alpha value is -3.13. The van der Waals surface area contributed by atoms with Gasteiger partial charge in [0.2, 0.25) is 0 Å². The molecule has 0 aromatic heterocycles. The van der Waals surface area contributed by atoms with Gasteiger partial charge in [0.05, 0.1) is 17.8 Å². The van der Waals surface area contributed by atoms with Crippen LogP contribution in [0.1, 0.15) is 17.3 Å². The van der Waals surface area contributed by atoms with Gasteiger partial charge in [0.1, 0.15) is 24.5 Å².